The van der Waals surface area contributed by atoms with Crippen molar-refractivity contribution < 1.29 is 14.7 Å². The molecular formula is C14H26N2O3. The van der Waals surface area contributed by atoms with E-state index in [1.807, 2.05) is 6.92 Å². The van der Waals surface area contributed by atoms with Crippen LogP contribution in [-0.4, -0.2) is 29.6 Å². The van der Waals surface area contributed by atoms with Crippen LogP contribution >= 0.6 is 0 Å². The third-order valence-corrected chi connectivity index (χ3v) is 4.01. The Morgan fingerprint density at radius 2 is 1.95 bits per heavy atom. The van der Waals surface area contributed by atoms with Gasteiger partial charge in [0.05, 0.1) is 12.5 Å². The Morgan fingerprint density at radius 1 is 1.32 bits per heavy atom. The average molecular weight is 270 g/mol. The summed E-state index contributed by atoms with van der Waals surface area (Å²) < 4.78 is 0. The summed E-state index contributed by atoms with van der Waals surface area (Å²) >= 11 is 0. The van der Waals surface area contributed by atoms with E-state index in [1.165, 1.54) is 0 Å². The number of amides is 1. The molecule has 0 heterocycles. The first-order chi connectivity index (χ1) is 8.99. The Hall–Kier alpha value is -1.10. The fourth-order valence-electron chi connectivity index (χ4n) is 2.89. The molecule has 110 valence electrons. The molecule has 5 nitrogen and oxygen atoms in total. The van der Waals surface area contributed by atoms with Gasteiger partial charge in [0.1, 0.15) is 0 Å². The average Bonchev–Trinajstić information content (AvgIpc) is 2.36. The fraction of sp³-hybridized carbons (Fsp3) is 0.857. The van der Waals surface area contributed by atoms with Gasteiger partial charge in [0.2, 0.25) is 5.91 Å². The summed E-state index contributed by atoms with van der Waals surface area (Å²) in [6.07, 6.45) is 6.67. The number of nitrogens with one attached hydrogen (secondary N) is 1. The topological polar surface area (TPSA) is 92.4 Å². The van der Waals surface area contributed by atoms with Crippen LogP contribution in [0.15, 0.2) is 0 Å². The zero-order chi connectivity index (χ0) is 14.3. The maximum absolute atomic E-state index is 11.8. The summed E-state index contributed by atoms with van der Waals surface area (Å²) in [4.78, 5) is 22.8. The Kier molecular flexibility index (Phi) is 6.28. The molecule has 1 atom stereocenters. The normalized spacial score (nSPS) is 19.7. The lowest BCUT2D eigenvalue weighted by Gasteiger charge is -2.36. The number of hydrogen-bond donors (Lipinski definition) is 3. The van der Waals surface area contributed by atoms with Crippen LogP contribution in [0.4, 0.5) is 0 Å². The van der Waals surface area contributed by atoms with Crippen LogP contribution in [0.3, 0.4) is 0 Å². The largest absolute Gasteiger partial charge is 0.481 e. The van der Waals surface area contributed by atoms with E-state index in [0.717, 1.165) is 38.5 Å². The third kappa shape index (κ3) is 5.19. The molecule has 0 aromatic heterocycles. The predicted octanol–water partition coefficient (Wildman–Crippen LogP) is 1.66. The lowest BCUT2D eigenvalue weighted by atomic mass is 9.71. The molecule has 5 heteroatoms. The molecular weight excluding hydrogens is 244 g/mol. The van der Waals surface area contributed by atoms with E-state index in [1.54, 1.807) is 0 Å². The maximum atomic E-state index is 11.8. The van der Waals surface area contributed by atoms with Gasteiger partial charge in [-0.15, -0.1) is 0 Å². The van der Waals surface area contributed by atoms with Gasteiger partial charge in [0, 0.05) is 6.54 Å². The Morgan fingerprint density at radius 3 is 2.47 bits per heavy atom. The summed E-state index contributed by atoms with van der Waals surface area (Å²) in [5, 5.41) is 11.9. The highest BCUT2D eigenvalue weighted by molar-refractivity contribution is 5.81. The van der Waals surface area contributed by atoms with Gasteiger partial charge < -0.3 is 16.2 Å². The summed E-state index contributed by atoms with van der Waals surface area (Å²) in [5.74, 6) is -0.939. The molecule has 0 radical (unpaired) electrons. The van der Waals surface area contributed by atoms with Gasteiger partial charge >= 0.3 is 5.97 Å². The summed E-state index contributed by atoms with van der Waals surface area (Å²) in [5.41, 5.74) is 5.49. The van der Waals surface area contributed by atoms with Gasteiger partial charge in [-0.1, -0.05) is 32.6 Å². The number of carbonyl (C=O) groups is 2. The molecule has 1 unspecified atom stereocenters. The van der Waals surface area contributed by atoms with Crippen molar-refractivity contribution in [3.05, 3.63) is 0 Å². The van der Waals surface area contributed by atoms with E-state index in [2.05, 4.69) is 5.32 Å². The minimum absolute atomic E-state index is 0.135. The Labute approximate surface area is 114 Å². The van der Waals surface area contributed by atoms with Gasteiger partial charge in [-0.3, -0.25) is 9.59 Å². The van der Waals surface area contributed by atoms with Gasteiger partial charge in [0.25, 0.3) is 0 Å². The molecule has 0 aromatic carbocycles. The molecule has 0 bridgehead atoms. The van der Waals surface area contributed by atoms with Gasteiger partial charge in [-0.25, -0.2) is 0 Å². The molecule has 0 aromatic rings. The first kappa shape index (κ1) is 16.0. The highest BCUT2D eigenvalue weighted by atomic mass is 16.4. The molecule has 19 heavy (non-hydrogen) atoms. The van der Waals surface area contributed by atoms with Gasteiger partial charge in [0.15, 0.2) is 0 Å². The van der Waals surface area contributed by atoms with Crippen molar-refractivity contribution in [1.82, 2.24) is 5.32 Å². The molecule has 0 aliphatic heterocycles. The fourth-order valence-corrected chi connectivity index (χ4v) is 2.89. The van der Waals surface area contributed by atoms with Crippen molar-refractivity contribution in [3.8, 4) is 0 Å². The summed E-state index contributed by atoms with van der Waals surface area (Å²) in [7, 11) is 0. The minimum Gasteiger partial charge on any atom is -0.481 e. The van der Waals surface area contributed by atoms with Crippen LogP contribution in [0.5, 0.6) is 0 Å². The molecule has 4 N–H and O–H groups in total. The molecule has 0 saturated heterocycles. The van der Waals surface area contributed by atoms with E-state index in [4.69, 9.17) is 10.8 Å². The Balaban J connectivity index is 2.53. The van der Waals surface area contributed by atoms with Crippen molar-refractivity contribution in [3.63, 3.8) is 0 Å². The standard InChI is InChI=1S/C14H26N2O3/c1-2-6-11(15)13(19)16-10-14(9-12(17)18)7-4-3-5-8-14/h11H,2-10,15H2,1H3,(H,16,19)(H,17,18). The zero-order valence-corrected chi connectivity index (χ0v) is 11.8. The highest BCUT2D eigenvalue weighted by Gasteiger charge is 2.35. The molecule has 1 amide bonds. The van der Waals surface area contributed by atoms with Crippen LogP contribution in [0, 0.1) is 5.41 Å². The molecule has 1 aliphatic carbocycles. The number of carbonyl (C=O) groups excluding carboxylic acids is 1. The number of aliphatic carboxylic acids is 1. The molecule has 1 aliphatic rings. The molecule has 0 spiro atoms. The first-order valence-corrected chi connectivity index (χ1v) is 7.24. The van der Waals surface area contributed by atoms with Crippen molar-refractivity contribution >= 4 is 11.9 Å². The lowest BCUT2D eigenvalue weighted by Crippen LogP contribution is -2.46. The third-order valence-electron chi connectivity index (χ3n) is 4.01. The van der Waals surface area contributed by atoms with E-state index in [9.17, 15) is 9.59 Å². The number of rotatable bonds is 7. The predicted molar refractivity (Wildman–Crippen MR) is 73.7 cm³/mol. The van der Waals surface area contributed by atoms with Crippen molar-refractivity contribution in [1.29, 1.82) is 0 Å². The second kappa shape index (κ2) is 7.48. The zero-order valence-electron chi connectivity index (χ0n) is 11.8. The van der Waals surface area contributed by atoms with E-state index >= 15 is 0 Å². The lowest BCUT2D eigenvalue weighted by molar-refractivity contribution is -0.140. The summed E-state index contributed by atoms with van der Waals surface area (Å²) in [6, 6.07) is -0.476. The second-order valence-electron chi connectivity index (χ2n) is 5.74. The molecule has 1 rings (SSSR count). The van der Waals surface area contributed by atoms with Gasteiger partial charge in [-0.05, 0) is 24.7 Å². The summed E-state index contributed by atoms with van der Waals surface area (Å²) in [6.45, 7) is 2.43. The quantitative estimate of drug-likeness (QED) is 0.656. The number of nitrogens with two attached hydrogens (primary N) is 1. The highest BCUT2D eigenvalue weighted by Crippen LogP contribution is 2.38. The van der Waals surface area contributed by atoms with Crippen molar-refractivity contribution in [2.75, 3.05) is 6.54 Å². The van der Waals surface area contributed by atoms with E-state index in [-0.39, 0.29) is 17.7 Å². The van der Waals surface area contributed by atoms with Crippen LogP contribution in [0.2, 0.25) is 0 Å². The van der Waals surface area contributed by atoms with Gasteiger partial charge in [-0.2, -0.15) is 0 Å². The smallest absolute Gasteiger partial charge is 0.303 e. The van der Waals surface area contributed by atoms with E-state index in [0.29, 0.717) is 13.0 Å². The Bertz CT molecular complexity index is 312. The molecule has 1 fully saturated rings. The monoisotopic (exact) mass is 270 g/mol. The number of hydrogen-bond acceptors (Lipinski definition) is 3. The van der Waals surface area contributed by atoms with Crippen LogP contribution in [-0.2, 0) is 9.59 Å². The first-order valence-electron chi connectivity index (χ1n) is 7.24. The van der Waals surface area contributed by atoms with Crippen LogP contribution in [0.25, 0.3) is 0 Å². The minimum atomic E-state index is -0.783. The second-order valence-corrected chi connectivity index (χ2v) is 5.74. The number of carboxylic acid groups (broad SMARTS) is 1. The SMILES string of the molecule is CCCC(N)C(=O)NCC1(CC(=O)O)CCCCC1. The van der Waals surface area contributed by atoms with E-state index < -0.39 is 12.0 Å². The maximum Gasteiger partial charge on any atom is 0.303 e. The van der Waals surface area contributed by atoms with Crippen LogP contribution < -0.4 is 11.1 Å². The van der Waals surface area contributed by atoms with Crippen molar-refractivity contribution in [2.24, 2.45) is 11.1 Å². The molecule has 1 saturated carbocycles. The van der Waals surface area contributed by atoms with Crippen LogP contribution in [0.1, 0.15) is 58.3 Å². The number of carboxylic acids is 1. The van der Waals surface area contributed by atoms with Crippen molar-refractivity contribution in [2.45, 2.75) is 64.3 Å².